The van der Waals surface area contributed by atoms with Crippen molar-refractivity contribution < 1.29 is 28.6 Å². The smallest absolute Gasteiger partial charge is 0.330 e. The van der Waals surface area contributed by atoms with E-state index in [1.165, 1.54) is 18.9 Å². The molecule has 1 aliphatic rings. The molecule has 4 unspecified atom stereocenters. The van der Waals surface area contributed by atoms with Crippen LogP contribution in [0.25, 0.3) is 0 Å². The molecule has 5 rings (SSSR count). The number of ketones is 1. The molecule has 0 aliphatic carbocycles. The number of nitrogens with zero attached hydrogens (tertiary/aromatic N) is 2. The Morgan fingerprint density at radius 2 is 1.57 bits per heavy atom. The van der Waals surface area contributed by atoms with Crippen molar-refractivity contribution in [3.05, 3.63) is 124 Å². The Bertz CT molecular complexity index is 1680. The molecule has 1 aromatic heterocycles. The van der Waals surface area contributed by atoms with Gasteiger partial charge < -0.3 is 19.2 Å². The summed E-state index contributed by atoms with van der Waals surface area (Å²) in [6, 6.07) is 24.7. The SMILES string of the molecule is COc1ccc(C2C(C(=O)c3cc(C)oc3C)C(c3ccc(C#N)cc3)N(C(=O)c3ccccc3)C2(C)C(=O)O)cc1. The molecule has 1 fully saturated rings. The molecule has 1 amide bonds. The van der Waals surface area contributed by atoms with Crippen LogP contribution in [0.1, 0.15) is 67.8 Å². The average molecular weight is 563 g/mol. The fraction of sp³-hybridized carbons (Fsp3) is 0.235. The lowest BCUT2D eigenvalue weighted by Gasteiger charge is -2.38. The quantitative estimate of drug-likeness (QED) is 0.270. The summed E-state index contributed by atoms with van der Waals surface area (Å²) in [4.78, 5) is 43.8. The second kappa shape index (κ2) is 11.0. The number of carbonyl (C=O) groups excluding carboxylic acids is 2. The third-order valence-electron chi connectivity index (χ3n) is 8.22. The molecule has 4 atom stereocenters. The molecule has 8 nitrogen and oxygen atoms in total. The van der Waals surface area contributed by atoms with Gasteiger partial charge in [0.15, 0.2) is 5.78 Å². The van der Waals surface area contributed by atoms with E-state index in [0.29, 0.717) is 45.1 Å². The standard InChI is InChI=1S/C34H30N2O6/c1-20-18-27(21(2)42-20)31(37)28-29(23-14-16-26(41-4)17-15-23)34(3,33(39)40)36(32(38)25-8-6-5-7-9-25)30(28)24-12-10-22(19-35)11-13-24/h5-18,28-30H,1-4H3,(H,39,40). The van der Waals surface area contributed by atoms with E-state index in [9.17, 15) is 24.8 Å². The van der Waals surface area contributed by atoms with Crippen molar-refractivity contribution in [1.82, 2.24) is 4.90 Å². The molecule has 1 aliphatic heterocycles. The molecule has 3 aromatic carbocycles. The molecular weight excluding hydrogens is 532 g/mol. The van der Waals surface area contributed by atoms with Gasteiger partial charge in [-0.1, -0.05) is 42.5 Å². The summed E-state index contributed by atoms with van der Waals surface area (Å²) in [6.07, 6.45) is 0. The average Bonchev–Trinajstić information content (AvgIpc) is 3.50. The number of rotatable bonds is 7. The zero-order valence-electron chi connectivity index (χ0n) is 23.7. The van der Waals surface area contributed by atoms with Crippen LogP contribution in [-0.4, -0.2) is 40.3 Å². The number of aliphatic carboxylic acids is 1. The van der Waals surface area contributed by atoms with Gasteiger partial charge in [0, 0.05) is 11.5 Å². The zero-order chi connectivity index (χ0) is 30.2. The topological polar surface area (TPSA) is 121 Å². The van der Waals surface area contributed by atoms with Crippen molar-refractivity contribution >= 4 is 17.7 Å². The van der Waals surface area contributed by atoms with Gasteiger partial charge in [-0.05, 0) is 74.4 Å². The van der Waals surface area contributed by atoms with Crippen LogP contribution in [0.5, 0.6) is 5.75 Å². The second-order valence-corrected chi connectivity index (χ2v) is 10.6. The highest BCUT2D eigenvalue weighted by Gasteiger charge is 2.65. The summed E-state index contributed by atoms with van der Waals surface area (Å²) < 4.78 is 11.0. The van der Waals surface area contributed by atoms with Crippen molar-refractivity contribution in [2.75, 3.05) is 7.11 Å². The van der Waals surface area contributed by atoms with E-state index in [2.05, 4.69) is 6.07 Å². The van der Waals surface area contributed by atoms with Gasteiger partial charge in [0.25, 0.3) is 5.91 Å². The summed E-state index contributed by atoms with van der Waals surface area (Å²) >= 11 is 0. The summed E-state index contributed by atoms with van der Waals surface area (Å²) in [6.45, 7) is 4.93. The number of ether oxygens (including phenoxy) is 1. The number of methoxy groups -OCH3 is 1. The maximum Gasteiger partial charge on any atom is 0.330 e. The van der Waals surface area contributed by atoms with Crippen molar-refractivity contribution in [2.45, 2.75) is 38.3 Å². The van der Waals surface area contributed by atoms with E-state index >= 15 is 0 Å². The molecule has 4 aromatic rings. The number of aryl methyl sites for hydroxylation is 2. The van der Waals surface area contributed by atoms with Gasteiger partial charge in [0.05, 0.1) is 36.3 Å². The Kier molecular flexibility index (Phi) is 7.44. The Balaban J connectivity index is 1.83. The Labute approximate surface area is 243 Å². The molecule has 0 saturated carbocycles. The molecule has 8 heteroatoms. The van der Waals surface area contributed by atoms with Gasteiger partial charge in [-0.2, -0.15) is 5.26 Å². The number of carbonyl (C=O) groups is 3. The highest BCUT2D eigenvalue weighted by molar-refractivity contribution is 6.05. The van der Waals surface area contributed by atoms with Crippen LogP contribution in [0.15, 0.2) is 89.3 Å². The largest absolute Gasteiger partial charge is 0.497 e. The molecule has 1 N–H and O–H groups in total. The van der Waals surface area contributed by atoms with E-state index in [0.717, 1.165) is 0 Å². The lowest BCUT2D eigenvalue weighted by atomic mass is 9.71. The molecule has 1 saturated heterocycles. The molecule has 2 heterocycles. The molecule has 0 bridgehead atoms. The maximum atomic E-state index is 14.6. The fourth-order valence-electron chi connectivity index (χ4n) is 6.23. The van der Waals surface area contributed by atoms with E-state index in [1.807, 2.05) is 0 Å². The number of hydrogen-bond acceptors (Lipinski definition) is 6. The predicted octanol–water partition coefficient (Wildman–Crippen LogP) is 6.10. The Morgan fingerprint density at radius 3 is 2.10 bits per heavy atom. The molecule has 212 valence electrons. The van der Waals surface area contributed by atoms with E-state index < -0.39 is 35.3 Å². The lowest BCUT2D eigenvalue weighted by molar-refractivity contribution is -0.148. The summed E-state index contributed by atoms with van der Waals surface area (Å²) in [5.41, 5.74) is 0.274. The number of nitriles is 1. The zero-order valence-corrected chi connectivity index (χ0v) is 23.7. The van der Waals surface area contributed by atoms with Crippen LogP contribution in [0.2, 0.25) is 0 Å². The number of benzene rings is 3. The summed E-state index contributed by atoms with van der Waals surface area (Å²) in [7, 11) is 1.53. The molecule has 0 spiro atoms. The molecule has 42 heavy (non-hydrogen) atoms. The Hall–Kier alpha value is -5.16. The van der Waals surface area contributed by atoms with Gasteiger partial charge in [-0.25, -0.2) is 4.79 Å². The van der Waals surface area contributed by atoms with Crippen molar-refractivity contribution in [2.24, 2.45) is 5.92 Å². The van der Waals surface area contributed by atoms with Gasteiger partial charge >= 0.3 is 5.97 Å². The fourth-order valence-corrected chi connectivity index (χ4v) is 6.23. The van der Waals surface area contributed by atoms with Crippen LogP contribution >= 0.6 is 0 Å². The van der Waals surface area contributed by atoms with Crippen LogP contribution in [0, 0.1) is 31.1 Å². The van der Waals surface area contributed by atoms with Gasteiger partial charge in [-0.15, -0.1) is 0 Å². The van der Waals surface area contributed by atoms with Crippen LogP contribution < -0.4 is 4.74 Å². The lowest BCUT2D eigenvalue weighted by Crippen LogP contribution is -2.54. The van der Waals surface area contributed by atoms with E-state index in [1.54, 1.807) is 98.8 Å². The number of furan rings is 1. The Morgan fingerprint density at radius 1 is 0.952 bits per heavy atom. The van der Waals surface area contributed by atoms with E-state index in [-0.39, 0.29) is 5.78 Å². The first-order valence-electron chi connectivity index (χ1n) is 13.5. The number of Topliss-reactive ketones (excluding diaryl/α,β-unsaturated/α-hetero) is 1. The number of likely N-dealkylation sites (tertiary alicyclic amines) is 1. The minimum atomic E-state index is -1.85. The minimum Gasteiger partial charge on any atom is -0.497 e. The van der Waals surface area contributed by atoms with Crippen molar-refractivity contribution in [3.63, 3.8) is 0 Å². The van der Waals surface area contributed by atoms with E-state index in [4.69, 9.17) is 9.15 Å². The first-order chi connectivity index (χ1) is 20.1. The second-order valence-electron chi connectivity index (χ2n) is 10.6. The first-order valence-corrected chi connectivity index (χ1v) is 13.5. The first kappa shape index (κ1) is 28.4. The van der Waals surface area contributed by atoms with Crippen LogP contribution in [0.4, 0.5) is 0 Å². The van der Waals surface area contributed by atoms with Crippen LogP contribution in [-0.2, 0) is 4.79 Å². The van der Waals surface area contributed by atoms with Gasteiger partial charge in [0.2, 0.25) is 0 Å². The van der Waals surface area contributed by atoms with Crippen molar-refractivity contribution in [3.8, 4) is 11.8 Å². The normalized spacial score (nSPS) is 21.5. The minimum absolute atomic E-state index is 0.292. The number of hydrogen-bond donors (Lipinski definition) is 1. The third kappa shape index (κ3) is 4.63. The third-order valence-corrected chi connectivity index (χ3v) is 8.22. The van der Waals surface area contributed by atoms with Gasteiger partial charge in [-0.3, -0.25) is 9.59 Å². The summed E-state index contributed by atoms with van der Waals surface area (Å²) in [5.74, 6) is -2.57. The monoisotopic (exact) mass is 562 g/mol. The maximum absolute atomic E-state index is 14.6. The number of carboxylic acids is 1. The predicted molar refractivity (Wildman–Crippen MR) is 154 cm³/mol. The summed E-state index contributed by atoms with van der Waals surface area (Å²) in [5, 5.41) is 20.4. The number of carboxylic acid groups (broad SMARTS) is 1. The van der Waals surface area contributed by atoms with Crippen LogP contribution in [0.3, 0.4) is 0 Å². The highest BCUT2D eigenvalue weighted by Crippen LogP contribution is 2.57. The molecular formula is C34H30N2O6. The van der Waals surface area contributed by atoms with Crippen molar-refractivity contribution in [1.29, 1.82) is 5.26 Å². The van der Waals surface area contributed by atoms with Gasteiger partial charge in [0.1, 0.15) is 22.8 Å². The highest BCUT2D eigenvalue weighted by atomic mass is 16.5. The number of amides is 1. The molecule has 0 radical (unpaired) electrons.